The SMILES string of the molecule is CCN(CC)C1=NN(c2ccccc2)C(=O)C1(O)O. The summed E-state index contributed by atoms with van der Waals surface area (Å²) in [4.78, 5) is 13.7. The first-order valence-electron chi connectivity index (χ1n) is 6.20. The minimum absolute atomic E-state index is 0.0358. The molecule has 0 fully saturated rings. The fraction of sp³-hybridized carbons (Fsp3) is 0.385. The Morgan fingerprint density at radius 3 is 2.32 bits per heavy atom. The van der Waals surface area contributed by atoms with Crippen LogP contribution in [-0.2, 0) is 4.79 Å². The molecule has 0 spiro atoms. The Morgan fingerprint density at radius 1 is 1.21 bits per heavy atom. The van der Waals surface area contributed by atoms with Gasteiger partial charge in [-0.3, -0.25) is 4.79 Å². The summed E-state index contributed by atoms with van der Waals surface area (Å²) in [6.07, 6.45) is 0. The highest BCUT2D eigenvalue weighted by Gasteiger charge is 2.51. The van der Waals surface area contributed by atoms with Crippen molar-refractivity contribution in [3.8, 4) is 0 Å². The largest absolute Gasteiger partial charge is 0.354 e. The number of amidine groups is 1. The second-order valence-electron chi connectivity index (χ2n) is 4.22. The van der Waals surface area contributed by atoms with Crippen molar-refractivity contribution < 1.29 is 15.0 Å². The molecule has 0 aliphatic carbocycles. The van der Waals surface area contributed by atoms with Crippen LogP contribution in [-0.4, -0.2) is 45.7 Å². The molecule has 0 saturated heterocycles. The fourth-order valence-corrected chi connectivity index (χ4v) is 2.00. The summed E-state index contributed by atoms with van der Waals surface area (Å²) >= 11 is 0. The number of carbonyl (C=O) groups excluding carboxylic acids is 1. The Morgan fingerprint density at radius 2 is 1.79 bits per heavy atom. The van der Waals surface area contributed by atoms with Crippen molar-refractivity contribution in [3.63, 3.8) is 0 Å². The highest BCUT2D eigenvalue weighted by molar-refractivity contribution is 6.19. The van der Waals surface area contributed by atoms with Crippen molar-refractivity contribution in [2.24, 2.45) is 5.10 Å². The number of rotatable bonds is 3. The van der Waals surface area contributed by atoms with Gasteiger partial charge in [0.2, 0.25) is 0 Å². The molecule has 1 aromatic carbocycles. The average molecular weight is 263 g/mol. The fourth-order valence-electron chi connectivity index (χ4n) is 2.00. The van der Waals surface area contributed by atoms with E-state index in [4.69, 9.17) is 0 Å². The summed E-state index contributed by atoms with van der Waals surface area (Å²) < 4.78 is 0. The Hall–Kier alpha value is -1.92. The number of carbonyl (C=O) groups is 1. The molecular formula is C13H17N3O3. The van der Waals surface area contributed by atoms with Crippen LogP contribution in [0.4, 0.5) is 5.69 Å². The molecule has 0 aromatic heterocycles. The number of benzene rings is 1. The third-order valence-electron chi connectivity index (χ3n) is 3.06. The quantitative estimate of drug-likeness (QED) is 0.772. The van der Waals surface area contributed by atoms with Crippen molar-refractivity contribution in [3.05, 3.63) is 30.3 Å². The summed E-state index contributed by atoms with van der Waals surface area (Å²) in [6.45, 7) is 4.79. The first kappa shape index (κ1) is 13.5. The molecule has 0 radical (unpaired) electrons. The van der Waals surface area contributed by atoms with Crippen LogP contribution in [0.5, 0.6) is 0 Å². The van der Waals surface area contributed by atoms with Crippen molar-refractivity contribution in [2.75, 3.05) is 18.1 Å². The number of aliphatic hydroxyl groups is 2. The summed E-state index contributed by atoms with van der Waals surface area (Å²) in [5.74, 6) is -3.46. The van der Waals surface area contributed by atoms with Gasteiger partial charge < -0.3 is 15.1 Å². The maximum Gasteiger partial charge on any atom is 0.315 e. The van der Waals surface area contributed by atoms with E-state index in [0.717, 1.165) is 5.01 Å². The van der Waals surface area contributed by atoms with E-state index in [-0.39, 0.29) is 5.84 Å². The molecule has 0 atom stereocenters. The molecule has 6 nitrogen and oxygen atoms in total. The Bertz CT molecular complexity index is 495. The van der Waals surface area contributed by atoms with E-state index in [1.807, 2.05) is 19.9 Å². The number of anilines is 1. The van der Waals surface area contributed by atoms with Gasteiger partial charge >= 0.3 is 11.7 Å². The number of amides is 1. The summed E-state index contributed by atoms with van der Waals surface area (Å²) in [6, 6.07) is 8.68. The monoisotopic (exact) mass is 263 g/mol. The lowest BCUT2D eigenvalue weighted by molar-refractivity contribution is -0.157. The smallest absolute Gasteiger partial charge is 0.315 e. The molecular weight excluding hydrogens is 246 g/mol. The van der Waals surface area contributed by atoms with E-state index in [0.29, 0.717) is 18.8 Å². The second-order valence-corrected chi connectivity index (χ2v) is 4.22. The van der Waals surface area contributed by atoms with Gasteiger partial charge in [0.15, 0.2) is 5.84 Å². The number of hydrogen-bond acceptors (Lipinski definition) is 5. The van der Waals surface area contributed by atoms with Gasteiger partial charge in [0, 0.05) is 13.1 Å². The summed E-state index contributed by atoms with van der Waals surface area (Å²) in [5.41, 5.74) is 0.502. The Kier molecular flexibility index (Phi) is 3.55. The van der Waals surface area contributed by atoms with Gasteiger partial charge in [0.05, 0.1) is 5.69 Å². The van der Waals surface area contributed by atoms with Crippen LogP contribution in [0.25, 0.3) is 0 Å². The molecule has 1 aromatic rings. The van der Waals surface area contributed by atoms with Gasteiger partial charge in [-0.2, -0.15) is 5.01 Å². The van der Waals surface area contributed by atoms with Gasteiger partial charge in [-0.15, -0.1) is 5.10 Å². The number of para-hydroxylation sites is 1. The molecule has 1 heterocycles. The maximum atomic E-state index is 12.1. The van der Waals surface area contributed by atoms with Crippen LogP contribution in [0, 0.1) is 0 Å². The van der Waals surface area contributed by atoms with Gasteiger partial charge in [-0.1, -0.05) is 18.2 Å². The third kappa shape index (κ3) is 2.20. The average Bonchev–Trinajstić information content (AvgIpc) is 2.65. The van der Waals surface area contributed by atoms with E-state index in [1.165, 1.54) is 0 Å². The van der Waals surface area contributed by atoms with Crippen molar-refractivity contribution in [2.45, 2.75) is 19.6 Å². The summed E-state index contributed by atoms with van der Waals surface area (Å²) in [5, 5.41) is 25.0. The third-order valence-corrected chi connectivity index (χ3v) is 3.06. The van der Waals surface area contributed by atoms with Crippen molar-refractivity contribution >= 4 is 17.4 Å². The molecule has 6 heteroatoms. The minimum atomic E-state index is -2.57. The summed E-state index contributed by atoms with van der Waals surface area (Å²) in [7, 11) is 0. The Labute approximate surface area is 111 Å². The van der Waals surface area contributed by atoms with Gasteiger partial charge in [0.1, 0.15) is 0 Å². The van der Waals surface area contributed by atoms with E-state index in [1.54, 1.807) is 29.2 Å². The van der Waals surface area contributed by atoms with Crippen molar-refractivity contribution in [1.82, 2.24) is 4.90 Å². The first-order valence-corrected chi connectivity index (χ1v) is 6.20. The maximum absolute atomic E-state index is 12.1. The van der Waals surface area contributed by atoms with E-state index in [9.17, 15) is 15.0 Å². The van der Waals surface area contributed by atoms with Gasteiger partial charge in [0.25, 0.3) is 0 Å². The normalized spacial score (nSPS) is 17.6. The number of hydrazone groups is 1. The predicted octanol–water partition coefficient (Wildman–Crippen LogP) is 0.369. The molecule has 1 amide bonds. The Balaban J connectivity index is 2.41. The molecule has 2 rings (SSSR count). The lowest BCUT2D eigenvalue weighted by atomic mass is 10.2. The van der Waals surface area contributed by atoms with Gasteiger partial charge in [-0.05, 0) is 26.0 Å². The molecule has 0 unspecified atom stereocenters. The van der Waals surface area contributed by atoms with Crippen LogP contribution >= 0.6 is 0 Å². The van der Waals surface area contributed by atoms with E-state index in [2.05, 4.69) is 5.10 Å². The predicted molar refractivity (Wildman–Crippen MR) is 71.5 cm³/mol. The highest BCUT2D eigenvalue weighted by atomic mass is 16.5. The van der Waals surface area contributed by atoms with Crippen LogP contribution in [0.3, 0.4) is 0 Å². The molecule has 102 valence electrons. The van der Waals surface area contributed by atoms with Gasteiger partial charge in [-0.25, -0.2) is 0 Å². The molecule has 1 aliphatic rings. The molecule has 2 N–H and O–H groups in total. The van der Waals surface area contributed by atoms with Crippen LogP contribution in [0.2, 0.25) is 0 Å². The van der Waals surface area contributed by atoms with E-state index < -0.39 is 11.7 Å². The standard InChI is InChI=1S/C13H17N3O3/c1-3-15(4-2)11-13(18,19)12(17)16(14-11)10-8-6-5-7-9-10/h5-9,18-19H,3-4H2,1-2H3. The zero-order chi connectivity index (χ0) is 14.0. The lowest BCUT2D eigenvalue weighted by Crippen LogP contribution is -2.52. The zero-order valence-electron chi connectivity index (χ0n) is 10.9. The van der Waals surface area contributed by atoms with Crippen LogP contribution < -0.4 is 5.01 Å². The van der Waals surface area contributed by atoms with E-state index >= 15 is 0 Å². The van der Waals surface area contributed by atoms with Crippen molar-refractivity contribution in [1.29, 1.82) is 0 Å². The lowest BCUT2D eigenvalue weighted by Gasteiger charge is -2.25. The number of hydrogen-bond donors (Lipinski definition) is 2. The number of likely N-dealkylation sites (N-methyl/N-ethyl adjacent to an activating group) is 1. The molecule has 19 heavy (non-hydrogen) atoms. The minimum Gasteiger partial charge on any atom is -0.354 e. The zero-order valence-corrected chi connectivity index (χ0v) is 10.9. The highest BCUT2D eigenvalue weighted by Crippen LogP contribution is 2.26. The first-order chi connectivity index (χ1) is 9.02. The number of nitrogens with zero attached hydrogens (tertiary/aromatic N) is 3. The van der Waals surface area contributed by atoms with Crippen LogP contribution in [0.1, 0.15) is 13.8 Å². The topological polar surface area (TPSA) is 76.4 Å². The second kappa shape index (κ2) is 4.99. The molecule has 1 aliphatic heterocycles. The molecule has 0 bridgehead atoms. The molecule has 0 saturated carbocycles. The van der Waals surface area contributed by atoms with Crippen LogP contribution in [0.15, 0.2) is 35.4 Å².